The van der Waals surface area contributed by atoms with Crippen LogP contribution in [-0.4, -0.2) is 158 Å². The number of carbonyl (C=O) groups excluding carboxylic acids is 1. The van der Waals surface area contributed by atoms with Gasteiger partial charge in [-0.25, -0.2) is 29.9 Å². The number of ether oxygens (including phenoxy) is 3. The molecule has 31 heteroatoms. The lowest BCUT2D eigenvalue weighted by atomic mass is 9.91. The number of pyridine rings is 3. The average molecular weight is 1260 g/mol. The second-order valence-electron chi connectivity index (χ2n) is 21.4. The van der Waals surface area contributed by atoms with Gasteiger partial charge in [0.1, 0.15) is 51.3 Å². The van der Waals surface area contributed by atoms with Crippen molar-refractivity contribution in [2.45, 2.75) is 49.9 Å². The Morgan fingerprint density at radius 2 is 0.854 bits per heavy atom. The third kappa shape index (κ3) is 14.2. The summed E-state index contributed by atoms with van der Waals surface area (Å²) in [6.07, 6.45) is 0.605. The van der Waals surface area contributed by atoms with Crippen LogP contribution in [0.5, 0.6) is 17.2 Å². The molecular formula is C58H57F12N15O4. The van der Waals surface area contributed by atoms with Gasteiger partial charge in [0.2, 0.25) is 0 Å². The van der Waals surface area contributed by atoms with Crippen molar-refractivity contribution < 1.29 is 71.7 Å². The zero-order valence-electron chi connectivity index (χ0n) is 48.2. The van der Waals surface area contributed by atoms with Gasteiger partial charge in [-0.05, 0) is 53.1 Å². The highest BCUT2D eigenvalue weighted by atomic mass is 19.4. The summed E-state index contributed by atoms with van der Waals surface area (Å²) < 4.78 is 173. The Labute approximate surface area is 499 Å². The Morgan fingerprint density at radius 1 is 0.517 bits per heavy atom. The molecule has 0 aliphatic carbocycles. The molecule has 19 nitrogen and oxygen atoms in total. The molecule has 12 rings (SSSR count). The molecule has 3 saturated heterocycles. The number of alkyl halides is 12. The molecule has 0 spiro atoms. The fourth-order valence-electron chi connectivity index (χ4n) is 10.5. The number of amides is 1. The molecule has 89 heavy (non-hydrogen) atoms. The van der Waals surface area contributed by atoms with Gasteiger partial charge in [0.15, 0.2) is 0 Å². The fourth-order valence-corrected chi connectivity index (χ4v) is 10.5. The summed E-state index contributed by atoms with van der Waals surface area (Å²) in [7, 11) is 10.6. The first-order valence-electron chi connectivity index (χ1n) is 27.3. The summed E-state index contributed by atoms with van der Waals surface area (Å²) in [6, 6.07) is 20.2. The number of nitrogens with zero attached hydrogens (tertiary/aromatic N) is 14. The molecular weight excluding hydrogens is 1200 g/mol. The summed E-state index contributed by atoms with van der Waals surface area (Å²) in [5.74, 6) is -0.637. The van der Waals surface area contributed by atoms with Crippen molar-refractivity contribution in [2.75, 3.05) is 81.7 Å². The van der Waals surface area contributed by atoms with E-state index in [0.717, 1.165) is 40.7 Å². The Morgan fingerprint density at radius 3 is 1.16 bits per heavy atom. The number of rotatable bonds is 16. The Bertz CT molecular complexity index is 3980. The molecule has 1 N–H and O–H groups in total. The van der Waals surface area contributed by atoms with Crippen molar-refractivity contribution in [3.8, 4) is 17.2 Å². The van der Waals surface area contributed by atoms with E-state index in [0.29, 0.717) is 67.5 Å². The summed E-state index contributed by atoms with van der Waals surface area (Å²) in [5.41, 5.74) is 8.02. The number of anilines is 6. The standard InChI is InChI=1S/C20H18F5N5O2.C20H20F5N5O.C18H19F2N5O/c1-28-10-27-13-7-26-17(6-15(13)28)29(2)14-4-3-11(5-16(14)32-19(21)22)12-8-30(9-12)18(31)20(23,24)25;1-28-11-27-14-7-26-18(6-16(14)28)29(2)15-4-3-12(5-17(15)31-19(21)22)13-8-30(9-13)10-20(23,24)25;1-24-10-23-13-9-22-17(6-15(13)24)25(2)14-4-3-11(12-7-21-8-12)5-16(14)26-18(19)20/h3-7,10,12,19H,8-9H2,1-2H3;3-7,11,13,19H,8-10H2,1-2H3;3-6,9-10,12,18,21H,7-8H2,1-2H3. The van der Waals surface area contributed by atoms with Crippen molar-refractivity contribution in [3.63, 3.8) is 0 Å². The number of aromatic nitrogens is 9. The van der Waals surface area contributed by atoms with E-state index in [1.54, 1.807) is 120 Å². The van der Waals surface area contributed by atoms with Crippen LogP contribution in [0.3, 0.4) is 0 Å². The van der Waals surface area contributed by atoms with E-state index in [1.807, 2.05) is 42.4 Å². The monoisotopic (exact) mass is 1260 g/mol. The van der Waals surface area contributed by atoms with Crippen molar-refractivity contribution >= 4 is 73.5 Å². The number of fused-ring (bicyclic) bond motifs is 3. The molecule has 3 fully saturated rings. The third-order valence-corrected chi connectivity index (χ3v) is 15.5. The number of hydrogen-bond acceptors (Lipinski definition) is 15. The maximum Gasteiger partial charge on any atom is 0.471 e. The molecule has 3 aliphatic heterocycles. The highest BCUT2D eigenvalue weighted by Gasteiger charge is 2.47. The molecule has 0 saturated carbocycles. The molecule has 472 valence electrons. The number of halogens is 12. The first-order valence-corrected chi connectivity index (χ1v) is 27.3. The summed E-state index contributed by atoms with van der Waals surface area (Å²) in [5, 5.41) is 3.19. The van der Waals surface area contributed by atoms with Crippen LogP contribution in [-0.2, 0) is 25.9 Å². The quantitative estimate of drug-likeness (QED) is 0.0908. The second-order valence-corrected chi connectivity index (χ2v) is 21.4. The average Bonchev–Trinajstić information content (AvgIpc) is 1.04. The highest BCUT2D eigenvalue weighted by molar-refractivity contribution is 5.84. The van der Waals surface area contributed by atoms with Crippen molar-refractivity contribution in [1.29, 1.82) is 0 Å². The van der Waals surface area contributed by atoms with Crippen LogP contribution in [0.1, 0.15) is 34.4 Å². The number of hydrogen-bond donors (Lipinski definition) is 1. The second kappa shape index (κ2) is 25.5. The van der Waals surface area contributed by atoms with Crippen molar-refractivity contribution in [1.82, 2.24) is 58.7 Å². The SMILES string of the molecule is CN(c1cc2c(cn1)ncn2C)c1ccc(C2CN(C(=O)C(F)(F)F)C2)cc1OC(F)F.CN(c1cc2c(cn1)ncn2C)c1ccc(C2CN(CC(F)(F)F)C2)cc1OC(F)F.CN(c1cc2c(cn1)ncn2C)c1ccc(C2CNC2)cc1OC(F)F. The van der Waals surface area contributed by atoms with E-state index < -0.39 is 50.6 Å². The first-order chi connectivity index (χ1) is 42.2. The van der Waals surface area contributed by atoms with Gasteiger partial charge in [0.25, 0.3) is 0 Å². The number of nitrogens with one attached hydrogen (secondary N) is 1. The van der Waals surface area contributed by atoms with E-state index in [9.17, 15) is 57.5 Å². The summed E-state index contributed by atoms with van der Waals surface area (Å²) in [6.45, 7) is -8.20. The minimum Gasteiger partial charge on any atom is -0.433 e. The molecule has 3 aromatic carbocycles. The van der Waals surface area contributed by atoms with Crippen LogP contribution >= 0.6 is 0 Å². The zero-order chi connectivity index (χ0) is 63.8. The molecule has 9 aromatic rings. The largest absolute Gasteiger partial charge is 0.471 e. The van der Waals surface area contributed by atoms with Crippen LogP contribution in [0.2, 0.25) is 0 Å². The molecule has 1 amide bonds. The van der Waals surface area contributed by atoms with Gasteiger partial charge < -0.3 is 52.8 Å². The number of benzene rings is 3. The highest BCUT2D eigenvalue weighted by Crippen LogP contribution is 2.42. The molecule has 0 unspecified atom stereocenters. The van der Waals surface area contributed by atoms with Gasteiger partial charge in [0.05, 0.1) is 77.7 Å². The van der Waals surface area contributed by atoms with Crippen LogP contribution in [0, 0.1) is 0 Å². The van der Waals surface area contributed by atoms with Crippen molar-refractivity contribution in [2.24, 2.45) is 21.1 Å². The molecule has 6 aromatic heterocycles. The van der Waals surface area contributed by atoms with E-state index >= 15 is 0 Å². The van der Waals surface area contributed by atoms with Gasteiger partial charge in [-0.3, -0.25) is 9.69 Å². The van der Waals surface area contributed by atoms with Crippen LogP contribution in [0.15, 0.2) is 110 Å². The van der Waals surface area contributed by atoms with Gasteiger partial charge in [-0.15, -0.1) is 0 Å². The van der Waals surface area contributed by atoms with Gasteiger partial charge >= 0.3 is 38.1 Å². The first kappa shape index (κ1) is 62.9. The van der Waals surface area contributed by atoms with Gasteiger partial charge in [-0.2, -0.15) is 52.7 Å². The Hall–Kier alpha value is -9.13. The Balaban J connectivity index is 0.000000148. The predicted octanol–water partition coefficient (Wildman–Crippen LogP) is 11.1. The molecule has 9 heterocycles. The van der Waals surface area contributed by atoms with Gasteiger partial charge in [0, 0.05) is 118 Å². The summed E-state index contributed by atoms with van der Waals surface area (Å²) >= 11 is 0. The van der Waals surface area contributed by atoms with Crippen LogP contribution in [0.4, 0.5) is 87.2 Å². The lowest BCUT2D eigenvalue weighted by Crippen LogP contribution is -2.53. The topological polar surface area (TPSA) is 165 Å². The van der Waals surface area contributed by atoms with Crippen LogP contribution in [0.25, 0.3) is 33.1 Å². The minimum atomic E-state index is -4.94. The van der Waals surface area contributed by atoms with E-state index in [4.69, 9.17) is 14.2 Å². The maximum absolute atomic E-state index is 13.1. The molecule has 3 aliphatic rings. The number of aryl methyl sites for hydroxylation is 3. The Kier molecular flexibility index (Phi) is 18.0. The number of imidazole rings is 3. The molecule has 0 atom stereocenters. The van der Waals surface area contributed by atoms with Crippen LogP contribution < -0.4 is 34.2 Å². The normalized spacial score (nSPS) is 15.0. The number of carbonyl (C=O) groups is 1. The van der Waals surface area contributed by atoms with E-state index in [1.165, 1.54) is 23.1 Å². The van der Waals surface area contributed by atoms with Gasteiger partial charge in [-0.1, -0.05) is 18.2 Å². The molecule has 0 bridgehead atoms. The third-order valence-electron chi connectivity index (χ3n) is 15.5. The lowest BCUT2D eigenvalue weighted by Gasteiger charge is -2.40. The lowest BCUT2D eigenvalue weighted by molar-refractivity contribution is -0.189. The molecule has 0 radical (unpaired) electrons. The maximum atomic E-state index is 13.1. The van der Waals surface area contributed by atoms with Crippen molar-refractivity contribution in [3.05, 3.63) is 127 Å². The van der Waals surface area contributed by atoms with E-state index in [2.05, 4.69) is 35.2 Å². The van der Waals surface area contributed by atoms with E-state index in [-0.39, 0.29) is 49.3 Å². The number of likely N-dealkylation sites (tertiary alicyclic amines) is 2. The zero-order valence-corrected chi connectivity index (χ0v) is 48.2. The fraction of sp³-hybridized carbons (Fsp3) is 0.362. The summed E-state index contributed by atoms with van der Waals surface area (Å²) in [4.78, 5) is 43.8. The smallest absolute Gasteiger partial charge is 0.433 e. The minimum absolute atomic E-state index is 0.0591. The predicted molar refractivity (Wildman–Crippen MR) is 305 cm³/mol.